The molecule has 0 radical (unpaired) electrons. The Morgan fingerprint density at radius 1 is 0.944 bits per heavy atom. The maximum Gasteiger partial charge on any atom is 0.252 e. The lowest BCUT2D eigenvalue weighted by atomic mass is 10.1. The molecule has 3 aromatic rings. The number of anilines is 1. The van der Waals surface area contributed by atoms with Gasteiger partial charge in [0.1, 0.15) is 5.82 Å². The zero-order valence-corrected chi connectivity index (χ0v) is 21.8. The molecule has 0 atom stereocenters. The first-order chi connectivity index (χ1) is 17.5. The van der Waals surface area contributed by atoms with Gasteiger partial charge in [-0.05, 0) is 51.3 Å². The first kappa shape index (κ1) is 25.6. The molecule has 1 amide bonds. The Morgan fingerprint density at radius 3 is 2.42 bits per heavy atom. The van der Waals surface area contributed by atoms with Crippen LogP contribution in [0.25, 0.3) is 10.9 Å². The summed E-state index contributed by atoms with van der Waals surface area (Å²) in [6.45, 7) is 11.6. The van der Waals surface area contributed by atoms with E-state index in [9.17, 15) is 4.79 Å². The lowest BCUT2D eigenvalue weighted by Crippen LogP contribution is -2.46. The summed E-state index contributed by atoms with van der Waals surface area (Å²) in [4.78, 5) is 22.9. The van der Waals surface area contributed by atoms with Gasteiger partial charge in [-0.25, -0.2) is 4.98 Å². The molecular formula is C31H38N4O. The summed E-state index contributed by atoms with van der Waals surface area (Å²) >= 11 is 0. The lowest BCUT2D eigenvalue weighted by Gasteiger charge is -2.35. The second kappa shape index (κ2) is 12.5. The topological polar surface area (TPSA) is 48.5 Å². The Hall–Kier alpha value is -3.44. The molecule has 1 aliphatic rings. The second-order valence-electron chi connectivity index (χ2n) is 9.87. The van der Waals surface area contributed by atoms with Crippen LogP contribution in [-0.4, -0.2) is 48.5 Å². The molecule has 0 saturated carbocycles. The number of carbonyl (C=O) groups excluding carboxylic acids is 1. The number of para-hydroxylation sites is 1. The fourth-order valence-electron chi connectivity index (χ4n) is 4.59. The summed E-state index contributed by atoms with van der Waals surface area (Å²) in [6, 6.07) is 20.5. The molecule has 2 heterocycles. The molecule has 0 bridgehead atoms. The van der Waals surface area contributed by atoms with Crippen LogP contribution >= 0.6 is 0 Å². The summed E-state index contributed by atoms with van der Waals surface area (Å²) in [7, 11) is 0. The summed E-state index contributed by atoms with van der Waals surface area (Å²) < 4.78 is 0. The van der Waals surface area contributed by atoms with Crippen LogP contribution in [0.1, 0.15) is 49.5 Å². The quantitative estimate of drug-likeness (QED) is 0.381. The minimum Gasteiger partial charge on any atom is -0.354 e. The van der Waals surface area contributed by atoms with Crippen LogP contribution in [0.2, 0.25) is 0 Å². The third kappa shape index (κ3) is 7.05. The average molecular weight is 483 g/mol. The van der Waals surface area contributed by atoms with E-state index in [0.717, 1.165) is 62.3 Å². The zero-order valence-electron chi connectivity index (χ0n) is 21.8. The number of fused-ring (bicyclic) bond motifs is 1. The molecule has 1 fully saturated rings. The lowest BCUT2D eigenvalue weighted by molar-refractivity contribution is 0.0959. The Balaban J connectivity index is 1.42. The van der Waals surface area contributed by atoms with Crippen molar-refractivity contribution in [3.63, 3.8) is 0 Å². The van der Waals surface area contributed by atoms with Gasteiger partial charge in [-0.2, -0.15) is 0 Å². The van der Waals surface area contributed by atoms with Crippen LogP contribution in [-0.2, 0) is 6.54 Å². The van der Waals surface area contributed by atoms with Gasteiger partial charge >= 0.3 is 0 Å². The number of carbonyl (C=O) groups is 1. The van der Waals surface area contributed by atoms with Crippen molar-refractivity contribution in [2.24, 2.45) is 0 Å². The van der Waals surface area contributed by atoms with Crippen molar-refractivity contribution in [3.8, 4) is 0 Å². The van der Waals surface area contributed by atoms with E-state index in [2.05, 4.69) is 78.4 Å². The van der Waals surface area contributed by atoms with Gasteiger partial charge in [0.15, 0.2) is 0 Å². The number of pyridine rings is 1. The van der Waals surface area contributed by atoms with Gasteiger partial charge in [0.2, 0.25) is 0 Å². The van der Waals surface area contributed by atoms with Crippen molar-refractivity contribution in [3.05, 3.63) is 95.1 Å². The number of hydrogen-bond acceptors (Lipinski definition) is 4. The van der Waals surface area contributed by atoms with Crippen LogP contribution in [0, 0.1) is 0 Å². The molecule has 36 heavy (non-hydrogen) atoms. The maximum atomic E-state index is 13.2. The molecule has 2 aromatic carbocycles. The first-order valence-electron chi connectivity index (χ1n) is 13.0. The molecule has 188 valence electrons. The maximum absolute atomic E-state index is 13.2. The highest BCUT2D eigenvalue weighted by Gasteiger charge is 2.21. The molecule has 1 aromatic heterocycles. The number of aromatic nitrogens is 1. The van der Waals surface area contributed by atoms with E-state index in [1.165, 1.54) is 16.7 Å². The minimum atomic E-state index is -0.0501. The largest absolute Gasteiger partial charge is 0.354 e. The second-order valence-corrected chi connectivity index (χ2v) is 9.87. The molecule has 0 aliphatic carbocycles. The molecule has 0 spiro atoms. The number of nitrogens with zero attached hydrogens (tertiary/aromatic N) is 3. The van der Waals surface area contributed by atoms with E-state index in [4.69, 9.17) is 4.98 Å². The average Bonchev–Trinajstić information content (AvgIpc) is 2.89. The third-order valence-electron chi connectivity index (χ3n) is 6.70. The fraction of sp³-hybridized carbons (Fsp3) is 0.355. The van der Waals surface area contributed by atoms with E-state index < -0.39 is 0 Å². The van der Waals surface area contributed by atoms with Crippen molar-refractivity contribution in [1.82, 2.24) is 15.2 Å². The van der Waals surface area contributed by atoms with Crippen LogP contribution in [0.15, 0.2) is 84.0 Å². The predicted molar refractivity (Wildman–Crippen MR) is 150 cm³/mol. The van der Waals surface area contributed by atoms with E-state index in [0.29, 0.717) is 12.1 Å². The van der Waals surface area contributed by atoms with E-state index in [1.54, 1.807) is 0 Å². The number of benzene rings is 2. The number of allylic oxidation sites excluding steroid dienone is 3. The number of hydrogen-bond donors (Lipinski definition) is 1. The fourth-order valence-corrected chi connectivity index (χ4v) is 4.59. The molecular weight excluding hydrogens is 444 g/mol. The summed E-state index contributed by atoms with van der Waals surface area (Å²) in [6.07, 6.45) is 6.42. The van der Waals surface area contributed by atoms with Crippen molar-refractivity contribution >= 4 is 22.6 Å². The van der Waals surface area contributed by atoms with Gasteiger partial charge < -0.3 is 10.2 Å². The smallest absolute Gasteiger partial charge is 0.252 e. The third-order valence-corrected chi connectivity index (χ3v) is 6.70. The summed E-state index contributed by atoms with van der Waals surface area (Å²) in [5.41, 5.74) is 5.53. The van der Waals surface area contributed by atoms with Crippen LogP contribution < -0.4 is 10.2 Å². The minimum absolute atomic E-state index is 0.0501. The van der Waals surface area contributed by atoms with Crippen LogP contribution in [0.3, 0.4) is 0 Å². The van der Waals surface area contributed by atoms with E-state index >= 15 is 0 Å². The van der Waals surface area contributed by atoms with Crippen molar-refractivity contribution < 1.29 is 4.79 Å². The Morgan fingerprint density at radius 2 is 1.67 bits per heavy atom. The molecule has 1 aliphatic heterocycles. The molecule has 5 heteroatoms. The molecule has 0 unspecified atom stereocenters. The molecule has 5 nitrogen and oxygen atoms in total. The Bertz CT molecular complexity index is 1220. The number of rotatable bonds is 9. The summed E-state index contributed by atoms with van der Waals surface area (Å²) in [5, 5.41) is 3.99. The standard InChI is InChI=1S/C31H38N4O/c1-24(2)10-9-11-25(3)16-17-32-31(36)28-22-30(33-29-15-8-7-14-27(28)29)35-20-18-34(19-21-35)23-26-12-5-4-6-13-26/h4-8,10,12-16,22H,9,11,17-21,23H2,1-3H3,(H,32,36). The highest BCUT2D eigenvalue weighted by Crippen LogP contribution is 2.24. The highest BCUT2D eigenvalue weighted by atomic mass is 16.1. The SMILES string of the molecule is CC(C)=CCCC(C)=CCNC(=O)c1cc(N2CCN(Cc3ccccc3)CC2)nc2ccccc12. The monoisotopic (exact) mass is 482 g/mol. The number of piperazine rings is 1. The van der Waals surface area contributed by atoms with Crippen LogP contribution in [0.4, 0.5) is 5.82 Å². The number of nitrogens with one attached hydrogen (secondary N) is 1. The van der Waals surface area contributed by atoms with Crippen LogP contribution in [0.5, 0.6) is 0 Å². The highest BCUT2D eigenvalue weighted by molar-refractivity contribution is 6.07. The summed E-state index contributed by atoms with van der Waals surface area (Å²) in [5.74, 6) is 0.831. The van der Waals surface area contributed by atoms with Crippen molar-refractivity contribution in [2.75, 3.05) is 37.6 Å². The van der Waals surface area contributed by atoms with Gasteiger partial charge in [0.05, 0.1) is 11.1 Å². The molecule has 1 N–H and O–H groups in total. The van der Waals surface area contributed by atoms with Crippen molar-refractivity contribution in [2.45, 2.75) is 40.2 Å². The van der Waals surface area contributed by atoms with Gasteiger partial charge in [-0.15, -0.1) is 0 Å². The molecule has 1 saturated heterocycles. The predicted octanol–water partition coefficient (Wildman–Crippen LogP) is 5.98. The normalized spacial score (nSPS) is 14.6. The van der Waals surface area contributed by atoms with Gasteiger partial charge in [-0.1, -0.05) is 71.8 Å². The molecule has 4 rings (SSSR count). The Kier molecular flexibility index (Phi) is 8.90. The van der Waals surface area contributed by atoms with E-state index in [1.807, 2.05) is 30.3 Å². The van der Waals surface area contributed by atoms with Crippen molar-refractivity contribution in [1.29, 1.82) is 0 Å². The zero-order chi connectivity index (χ0) is 25.3. The van der Waals surface area contributed by atoms with E-state index in [-0.39, 0.29) is 5.91 Å². The van der Waals surface area contributed by atoms with Gasteiger partial charge in [-0.3, -0.25) is 9.69 Å². The van der Waals surface area contributed by atoms with Gasteiger partial charge in [0.25, 0.3) is 5.91 Å². The number of amides is 1. The Labute approximate surface area is 215 Å². The van der Waals surface area contributed by atoms with Gasteiger partial charge in [0, 0.05) is 44.7 Å². The first-order valence-corrected chi connectivity index (χ1v) is 13.0.